The normalized spacial score (nSPS) is 12.9. The zero-order chi connectivity index (χ0) is 50.7. The number of amides is 1. The van der Waals surface area contributed by atoms with Crippen LogP contribution >= 0.6 is 0 Å². The van der Waals surface area contributed by atoms with Gasteiger partial charge >= 0.3 is 5.97 Å². The first-order valence-corrected chi connectivity index (χ1v) is 30.9. The fourth-order valence-corrected chi connectivity index (χ4v) is 9.31. The van der Waals surface area contributed by atoms with Crippen LogP contribution in [0.1, 0.15) is 322 Å². The van der Waals surface area contributed by atoms with E-state index in [-0.39, 0.29) is 18.5 Å². The van der Waals surface area contributed by atoms with Crippen molar-refractivity contribution in [3.05, 3.63) is 48.6 Å². The molecule has 0 aliphatic rings. The topological polar surface area (TPSA) is 95.9 Å². The second-order valence-corrected chi connectivity index (χ2v) is 21.0. The van der Waals surface area contributed by atoms with E-state index < -0.39 is 12.1 Å². The van der Waals surface area contributed by atoms with E-state index in [1.54, 1.807) is 6.08 Å². The lowest BCUT2D eigenvalue weighted by Gasteiger charge is -2.20. The maximum atomic E-state index is 12.5. The third kappa shape index (κ3) is 55.1. The van der Waals surface area contributed by atoms with Crippen molar-refractivity contribution in [2.45, 2.75) is 334 Å². The summed E-state index contributed by atoms with van der Waals surface area (Å²) in [6.45, 7) is 4.87. The largest absolute Gasteiger partial charge is 0.466 e. The van der Waals surface area contributed by atoms with E-state index >= 15 is 0 Å². The number of allylic oxidation sites excluding steroid dienone is 7. The monoisotopic (exact) mass is 982 g/mol. The highest BCUT2D eigenvalue weighted by molar-refractivity contribution is 5.76. The Kier molecular flexibility index (Phi) is 57.5. The standard InChI is InChI=1S/C64H119NO5/c1-3-5-7-9-11-13-15-17-19-21-22-23-25-28-32-36-40-44-48-52-56-62(67)61(60-66)65-63(68)57-53-49-45-41-37-33-29-26-24-27-31-35-39-43-47-51-55-59-70-64(69)58-54-50-46-42-38-34-30-20-18-16-14-12-10-8-6-4-2/h20,24,27,30,35,39,52,56,61-62,66-67H,3-19,21-23,25-26,28-29,31-34,36-38,40-51,53-55,57-60H2,1-2H3,(H,65,68)/b27-24-,30-20-,39-35-,56-52+. The minimum absolute atomic E-state index is 0.0239. The number of carbonyl (C=O) groups excluding carboxylic acids is 2. The minimum atomic E-state index is -0.857. The molecule has 1 amide bonds. The first-order valence-electron chi connectivity index (χ1n) is 30.9. The van der Waals surface area contributed by atoms with Gasteiger partial charge in [-0.3, -0.25) is 9.59 Å². The number of nitrogens with one attached hydrogen (secondary N) is 1. The predicted octanol–water partition coefficient (Wildman–Crippen LogP) is 19.4. The number of unbranched alkanes of at least 4 members (excludes halogenated alkanes) is 40. The zero-order valence-electron chi connectivity index (χ0n) is 46.7. The van der Waals surface area contributed by atoms with Gasteiger partial charge in [-0.05, 0) is 96.3 Å². The molecule has 0 aliphatic heterocycles. The van der Waals surface area contributed by atoms with Crippen LogP contribution < -0.4 is 5.32 Å². The molecule has 0 aromatic rings. The Morgan fingerprint density at radius 1 is 0.400 bits per heavy atom. The van der Waals surface area contributed by atoms with Gasteiger partial charge in [0.05, 0.1) is 25.4 Å². The van der Waals surface area contributed by atoms with Gasteiger partial charge in [-0.1, -0.05) is 262 Å². The molecule has 410 valence electrons. The molecule has 0 aromatic heterocycles. The third-order valence-electron chi connectivity index (χ3n) is 14.1. The summed E-state index contributed by atoms with van der Waals surface area (Å²) in [7, 11) is 0. The molecule has 2 unspecified atom stereocenters. The molecule has 0 rings (SSSR count). The fraction of sp³-hybridized carbons (Fsp3) is 0.844. The molecule has 3 N–H and O–H groups in total. The van der Waals surface area contributed by atoms with Gasteiger partial charge in [-0.15, -0.1) is 0 Å². The second-order valence-electron chi connectivity index (χ2n) is 21.0. The van der Waals surface area contributed by atoms with E-state index in [4.69, 9.17) is 4.74 Å². The molecular weight excluding hydrogens is 863 g/mol. The molecule has 0 saturated carbocycles. The SMILES string of the molecule is CCCCCCCCC/C=C\CCCCCCCC(=O)OCCCCC/C=C\C/C=C\CCCCCCCCCC(=O)NC(CO)C(O)/C=C/CCCCCCCCCCCCCCCCCCCC. The van der Waals surface area contributed by atoms with Crippen molar-refractivity contribution in [2.24, 2.45) is 0 Å². The van der Waals surface area contributed by atoms with Crippen LogP contribution in [0.5, 0.6) is 0 Å². The fourth-order valence-electron chi connectivity index (χ4n) is 9.31. The number of aliphatic hydroxyl groups excluding tert-OH is 2. The van der Waals surface area contributed by atoms with Crippen molar-refractivity contribution in [1.82, 2.24) is 5.32 Å². The smallest absolute Gasteiger partial charge is 0.305 e. The van der Waals surface area contributed by atoms with E-state index in [9.17, 15) is 19.8 Å². The van der Waals surface area contributed by atoms with Crippen molar-refractivity contribution >= 4 is 11.9 Å². The van der Waals surface area contributed by atoms with Gasteiger partial charge < -0.3 is 20.3 Å². The highest BCUT2D eigenvalue weighted by Gasteiger charge is 2.18. The number of ether oxygens (including phenoxy) is 1. The highest BCUT2D eigenvalue weighted by atomic mass is 16.5. The van der Waals surface area contributed by atoms with Gasteiger partial charge in [0.1, 0.15) is 0 Å². The number of hydrogen-bond donors (Lipinski definition) is 3. The van der Waals surface area contributed by atoms with Gasteiger partial charge in [0.15, 0.2) is 0 Å². The molecule has 0 heterocycles. The van der Waals surface area contributed by atoms with Crippen LogP contribution in [0.25, 0.3) is 0 Å². The van der Waals surface area contributed by atoms with Crippen molar-refractivity contribution in [2.75, 3.05) is 13.2 Å². The summed E-state index contributed by atoms with van der Waals surface area (Å²) in [4.78, 5) is 24.5. The van der Waals surface area contributed by atoms with Crippen LogP contribution in [0.15, 0.2) is 48.6 Å². The molecule has 70 heavy (non-hydrogen) atoms. The van der Waals surface area contributed by atoms with Crippen molar-refractivity contribution in [3.63, 3.8) is 0 Å². The quantitative estimate of drug-likeness (QED) is 0.0321. The number of rotatable bonds is 57. The molecule has 2 atom stereocenters. The number of hydrogen-bond acceptors (Lipinski definition) is 5. The van der Waals surface area contributed by atoms with E-state index in [0.29, 0.717) is 19.4 Å². The summed E-state index contributed by atoms with van der Waals surface area (Å²) >= 11 is 0. The van der Waals surface area contributed by atoms with Crippen molar-refractivity contribution < 1.29 is 24.5 Å². The Labute approximate surface area is 436 Å². The van der Waals surface area contributed by atoms with Gasteiger partial charge in [0, 0.05) is 12.8 Å². The summed E-state index contributed by atoms with van der Waals surface area (Å²) < 4.78 is 5.46. The predicted molar refractivity (Wildman–Crippen MR) is 306 cm³/mol. The van der Waals surface area contributed by atoms with Crippen LogP contribution in [-0.4, -0.2) is 47.4 Å². The third-order valence-corrected chi connectivity index (χ3v) is 14.1. The van der Waals surface area contributed by atoms with E-state index in [2.05, 4.69) is 55.6 Å². The molecule has 0 spiro atoms. The lowest BCUT2D eigenvalue weighted by molar-refractivity contribution is -0.143. The summed E-state index contributed by atoms with van der Waals surface area (Å²) in [5.74, 6) is -0.107. The average Bonchev–Trinajstić information content (AvgIpc) is 3.36. The summed E-state index contributed by atoms with van der Waals surface area (Å²) in [6.07, 6.45) is 75.7. The average molecular weight is 983 g/mol. The van der Waals surface area contributed by atoms with Crippen LogP contribution in [0, 0.1) is 0 Å². The zero-order valence-corrected chi connectivity index (χ0v) is 46.7. The molecule has 0 aliphatic carbocycles. The van der Waals surface area contributed by atoms with Crippen LogP contribution in [0.2, 0.25) is 0 Å². The molecule has 6 heteroatoms. The molecule has 0 saturated heterocycles. The highest BCUT2D eigenvalue weighted by Crippen LogP contribution is 2.16. The maximum absolute atomic E-state index is 12.5. The minimum Gasteiger partial charge on any atom is -0.466 e. The van der Waals surface area contributed by atoms with Crippen LogP contribution in [0.4, 0.5) is 0 Å². The van der Waals surface area contributed by atoms with E-state index in [1.807, 2.05) is 6.08 Å². The lowest BCUT2D eigenvalue weighted by Crippen LogP contribution is -2.45. The number of aliphatic hydroxyl groups is 2. The Bertz CT molecular complexity index is 1180. The lowest BCUT2D eigenvalue weighted by atomic mass is 10.0. The number of carbonyl (C=O) groups is 2. The Morgan fingerprint density at radius 2 is 0.714 bits per heavy atom. The van der Waals surface area contributed by atoms with Crippen molar-refractivity contribution in [3.8, 4) is 0 Å². The van der Waals surface area contributed by atoms with Crippen LogP contribution in [-0.2, 0) is 14.3 Å². The summed E-state index contributed by atoms with van der Waals surface area (Å²) in [5.41, 5.74) is 0. The molecule has 0 aromatic carbocycles. The van der Waals surface area contributed by atoms with E-state index in [1.165, 1.54) is 212 Å². The Hall–Kier alpha value is -2.18. The number of esters is 1. The van der Waals surface area contributed by atoms with E-state index in [0.717, 1.165) is 83.5 Å². The Balaban J connectivity index is 3.53. The summed E-state index contributed by atoms with van der Waals surface area (Å²) in [5, 5.41) is 23.2. The molecule has 6 nitrogen and oxygen atoms in total. The molecule has 0 radical (unpaired) electrons. The first-order chi connectivity index (χ1) is 34.5. The molecule has 0 bridgehead atoms. The van der Waals surface area contributed by atoms with Crippen LogP contribution in [0.3, 0.4) is 0 Å². The van der Waals surface area contributed by atoms with Gasteiger partial charge in [-0.2, -0.15) is 0 Å². The van der Waals surface area contributed by atoms with Gasteiger partial charge in [0.25, 0.3) is 0 Å². The summed E-state index contributed by atoms with van der Waals surface area (Å²) in [6, 6.07) is -0.642. The van der Waals surface area contributed by atoms with Gasteiger partial charge in [-0.25, -0.2) is 0 Å². The molecular formula is C64H119NO5. The van der Waals surface area contributed by atoms with Crippen molar-refractivity contribution in [1.29, 1.82) is 0 Å². The first kappa shape index (κ1) is 67.8. The maximum Gasteiger partial charge on any atom is 0.305 e. The molecule has 0 fully saturated rings. The second kappa shape index (κ2) is 59.4. The van der Waals surface area contributed by atoms with Gasteiger partial charge in [0.2, 0.25) is 5.91 Å². The Morgan fingerprint density at radius 3 is 1.10 bits per heavy atom.